The maximum absolute atomic E-state index is 11.7. The van der Waals surface area contributed by atoms with Crippen LogP contribution in [0, 0.1) is 5.92 Å². The molecule has 1 aliphatic carbocycles. The standard InChI is InChI=1S/C10H19N3OS/c1-3-13(6-7(2)9(11)15)10(14)12-8-4-5-8/h7-8H,3-6H2,1-2H3,(H2,11,15)(H,12,14). The van der Waals surface area contributed by atoms with Crippen molar-refractivity contribution in [3.05, 3.63) is 0 Å². The molecule has 1 saturated carbocycles. The summed E-state index contributed by atoms with van der Waals surface area (Å²) >= 11 is 4.89. The Hall–Kier alpha value is -0.840. The fourth-order valence-corrected chi connectivity index (χ4v) is 1.34. The minimum absolute atomic E-state index is 0.00287. The molecule has 0 saturated heterocycles. The van der Waals surface area contributed by atoms with E-state index in [0.29, 0.717) is 24.1 Å². The molecule has 0 radical (unpaired) electrons. The molecule has 0 aromatic heterocycles. The summed E-state index contributed by atoms with van der Waals surface area (Å²) in [6.07, 6.45) is 2.21. The topological polar surface area (TPSA) is 58.4 Å². The van der Waals surface area contributed by atoms with Gasteiger partial charge < -0.3 is 16.0 Å². The average Bonchev–Trinajstić information content (AvgIpc) is 2.96. The number of amides is 2. The summed E-state index contributed by atoms with van der Waals surface area (Å²) in [5, 5.41) is 2.95. The summed E-state index contributed by atoms with van der Waals surface area (Å²) in [6, 6.07) is 0.398. The first-order chi connectivity index (χ1) is 7.04. The molecule has 1 atom stereocenters. The highest BCUT2D eigenvalue weighted by Gasteiger charge is 2.26. The number of hydrogen-bond donors (Lipinski definition) is 2. The molecule has 1 unspecified atom stereocenters. The third kappa shape index (κ3) is 4.03. The fraction of sp³-hybridized carbons (Fsp3) is 0.800. The van der Waals surface area contributed by atoms with Gasteiger partial charge in [-0.3, -0.25) is 0 Å². The Kier molecular flexibility index (Phi) is 4.32. The van der Waals surface area contributed by atoms with E-state index in [1.807, 2.05) is 13.8 Å². The Bertz CT molecular complexity index is 253. The monoisotopic (exact) mass is 229 g/mol. The lowest BCUT2D eigenvalue weighted by molar-refractivity contribution is 0.197. The van der Waals surface area contributed by atoms with Crippen molar-refractivity contribution in [1.82, 2.24) is 10.2 Å². The lowest BCUT2D eigenvalue weighted by Crippen LogP contribution is -2.44. The van der Waals surface area contributed by atoms with Gasteiger partial charge >= 0.3 is 6.03 Å². The van der Waals surface area contributed by atoms with E-state index < -0.39 is 0 Å². The molecule has 5 heteroatoms. The molecule has 1 rings (SSSR count). The number of rotatable bonds is 5. The Morgan fingerprint density at radius 1 is 1.67 bits per heavy atom. The lowest BCUT2D eigenvalue weighted by atomic mass is 10.2. The highest BCUT2D eigenvalue weighted by atomic mass is 32.1. The molecule has 3 N–H and O–H groups in total. The Labute approximate surface area is 96.2 Å². The molecule has 15 heavy (non-hydrogen) atoms. The number of nitrogens with two attached hydrogens (primary N) is 1. The fourth-order valence-electron chi connectivity index (χ4n) is 1.27. The smallest absolute Gasteiger partial charge is 0.317 e. The maximum atomic E-state index is 11.7. The van der Waals surface area contributed by atoms with Gasteiger partial charge in [0.25, 0.3) is 0 Å². The highest BCUT2D eigenvalue weighted by molar-refractivity contribution is 7.80. The molecule has 0 aliphatic heterocycles. The van der Waals surface area contributed by atoms with Gasteiger partial charge in [0.05, 0.1) is 4.99 Å². The van der Waals surface area contributed by atoms with E-state index in [2.05, 4.69) is 5.32 Å². The number of carbonyl (C=O) groups is 1. The molecule has 86 valence electrons. The van der Waals surface area contributed by atoms with Crippen molar-refractivity contribution < 1.29 is 4.79 Å². The number of hydrogen-bond acceptors (Lipinski definition) is 2. The molecule has 0 bridgehead atoms. The van der Waals surface area contributed by atoms with Crippen LogP contribution in [0.4, 0.5) is 4.79 Å². The molecular formula is C10H19N3OS. The minimum atomic E-state index is 0.00287. The van der Waals surface area contributed by atoms with Crippen molar-refractivity contribution in [3.8, 4) is 0 Å². The number of thiocarbonyl (C=S) groups is 1. The van der Waals surface area contributed by atoms with Gasteiger partial charge in [-0.1, -0.05) is 19.1 Å². The lowest BCUT2D eigenvalue weighted by Gasteiger charge is -2.24. The van der Waals surface area contributed by atoms with Gasteiger partial charge in [-0.25, -0.2) is 4.79 Å². The van der Waals surface area contributed by atoms with Crippen LogP contribution in [0.15, 0.2) is 0 Å². The van der Waals surface area contributed by atoms with E-state index in [0.717, 1.165) is 12.8 Å². The van der Waals surface area contributed by atoms with Crippen LogP contribution in [0.1, 0.15) is 26.7 Å². The number of carbonyl (C=O) groups excluding carboxylic acids is 1. The second-order valence-electron chi connectivity index (χ2n) is 4.07. The van der Waals surface area contributed by atoms with E-state index in [9.17, 15) is 4.79 Å². The third-order valence-electron chi connectivity index (χ3n) is 2.55. The second kappa shape index (κ2) is 5.30. The predicted octanol–water partition coefficient (Wildman–Crippen LogP) is 1.10. The molecular weight excluding hydrogens is 210 g/mol. The third-order valence-corrected chi connectivity index (χ3v) is 2.96. The second-order valence-corrected chi connectivity index (χ2v) is 4.54. The Morgan fingerprint density at radius 3 is 2.67 bits per heavy atom. The Balaban J connectivity index is 2.38. The Morgan fingerprint density at radius 2 is 2.27 bits per heavy atom. The van der Waals surface area contributed by atoms with E-state index >= 15 is 0 Å². The zero-order valence-corrected chi connectivity index (χ0v) is 10.1. The van der Waals surface area contributed by atoms with Gasteiger partial charge in [0.1, 0.15) is 0 Å². The molecule has 0 aromatic rings. The quantitative estimate of drug-likeness (QED) is 0.694. The molecule has 2 amide bonds. The molecule has 0 aromatic carbocycles. The maximum Gasteiger partial charge on any atom is 0.317 e. The van der Waals surface area contributed by atoms with E-state index in [1.54, 1.807) is 4.90 Å². The van der Waals surface area contributed by atoms with Crippen LogP contribution in [-0.2, 0) is 0 Å². The van der Waals surface area contributed by atoms with Crippen LogP contribution in [0.2, 0.25) is 0 Å². The van der Waals surface area contributed by atoms with Crippen LogP contribution in [0.3, 0.4) is 0 Å². The highest BCUT2D eigenvalue weighted by Crippen LogP contribution is 2.19. The zero-order valence-electron chi connectivity index (χ0n) is 9.32. The summed E-state index contributed by atoms with van der Waals surface area (Å²) < 4.78 is 0. The molecule has 0 heterocycles. The predicted molar refractivity (Wildman–Crippen MR) is 64.8 cm³/mol. The van der Waals surface area contributed by atoms with Crippen molar-refractivity contribution in [3.63, 3.8) is 0 Å². The average molecular weight is 229 g/mol. The number of urea groups is 1. The molecule has 1 fully saturated rings. The molecule has 0 spiro atoms. The van der Waals surface area contributed by atoms with Gasteiger partial charge in [-0.15, -0.1) is 0 Å². The summed E-state index contributed by atoms with van der Waals surface area (Å²) in [6.45, 7) is 5.18. The summed E-state index contributed by atoms with van der Waals surface area (Å²) in [4.78, 5) is 13.9. The van der Waals surface area contributed by atoms with Gasteiger partial charge in [0.15, 0.2) is 0 Å². The van der Waals surface area contributed by atoms with E-state index in [1.165, 1.54) is 0 Å². The normalized spacial score (nSPS) is 16.9. The van der Waals surface area contributed by atoms with Crippen molar-refractivity contribution in [1.29, 1.82) is 0 Å². The van der Waals surface area contributed by atoms with Crippen molar-refractivity contribution in [2.75, 3.05) is 13.1 Å². The molecule has 4 nitrogen and oxygen atoms in total. The van der Waals surface area contributed by atoms with Crippen molar-refractivity contribution >= 4 is 23.2 Å². The zero-order chi connectivity index (χ0) is 11.4. The number of nitrogens with one attached hydrogen (secondary N) is 1. The van der Waals surface area contributed by atoms with Gasteiger partial charge in [0, 0.05) is 25.0 Å². The van der Waals surface area contributed by atoms with Crippen molar-refractivity contribution in [2.24, 2.45) is 11.7 Å². The van der Waals surface area contributed by atoms with E-state index in [4.69, 9.17) is 18.0 Å². The summed E-state index contributed by atoms with van der Waals surface area (Å²) in [7, 11) is 0. The summed E-state index contributed by atoms with van der Waals surface area (Å²) in [5.41, 5.74) is 5.53. The molecule has 1 aliphatic rings. The van der Waals surface area contributed by atoms with Crippen LogP contribution in [0.25, 0.3) is 0 Å². The van der Waals surface area contributed by atoms with Gasteiger partial charge in [0.2, 0.25) is 0 Å². The van der Waals surface area contributed by atoms with Gasteiger partial charge in [-0.2, -0.15) is 0 Å². The first-order valence-electron chi connectivity index (χ1n) is 5.39. The minimum Gasteiger partial charge on any atom is -0.393 e. The van der Waals surface area contributed by atoms with Crippen LogP contribution in [0.5, 0.6) is 0 Å². The van der Waals surface area contributed by atoms with Crippen LogP contribution in [-0.4, -0.2) is 35.1 Å². The number of nitrogens with zero attached hydrogens (tertiary/aromatic N) is 1. The van der Waals surface area contributed by atoms with E-state index in [-0.39, 0.29) is 11.9 Å². The van der Waals surface area contributed by atoms with Crippen LogP contribution >= 0.6 is 12.2 Å². The summed E-state index contributed by atoms with van der Waals surface area (Å²) in [5.74, 6) is 0.0740. The first-order valence-corrected chi connectivity index (χ1v) is 5.80. The van der Waals surface area contributed by atoms with Gasteiger partial charge in [-0.05, 0) is 19.8 Å². The van der Waals surface area contributed by atoms with Crippen molar-refractivity contribution in [2.45, 2.75) is 32.7 Å². The SMILES string of the molecule is CCN(CC(C)C(N)=S)C(=O)NC1CC1. The first kappa shape index (κ1) is 12.2. The van der Waals surface area contributed by atoms with Crippen LogP contribution < -0.4 is 11.1 Å². The largest absolute Gasteiger partial charge is 0.393 e.